The lowest BCUT2D eigenvalue weighted by atomic mass is 10.1. The molecule has 0 radical (unpaired) electrons. The number of nitrogens with one attached hydrogen (secondary N) is 1. The number of alkyl halides is 1. The molecule has 0 spiro atoms. The van der Waals surface area contributed by atoms with Crippen molar-refractivity contribution in [1.82, 2.24) is 5.32 Å². The summed E-state index contributed by atoms with van der Waals surface area (Å²) < 4.78 is 25.7. The second-order valence-electron chi connectivity index (χ2n) is 3.47. The van der Waals surface area contributed by atoms with Crippen LogP contribution >= 0.6 is 11.6 Å². The number of benzene rings is 1. The van der Waals surface area contributed by atoms with E-state index in [9.17, 15) is 8.78 Å². The average Bonchev–Trinajstić information content (AvgIpc) is 2.57. The van der Waals surface area contributed by atoms with Gasteiger partial charge in [-0.1, -0.05) is 17.7 Å². The first-order valence-corrected chi connectivity index (χ1v) is 4.87. The molecule has 0 amide bonds. The summed E-state index contributed by atoms with van der Waals surface area (Å²) in [6, 6.07) is 4.46. The topological polar surface area (TPSA) is 12.0 Å². The molecule has 1 heterocycles. The third-order valence-corrected chi connectivity index (χ3v) is 2.71. The molecular weight excluding hydrogens is 208 g/mol. The third-order valence-electron chi connectivity index (χ3n) is 2.42. The summed E-state index contributed by atoms with van der Waals surface area (Å²) in [5, 5.41) is 3.10. The second-order valence-corrected chi connectivity index (χ2v) is 3.87. The fourth-order valence-corrected chi connectivity index (χ4v) is 1.86. The molecule has 2 rings (SSSR count). The molecule has 1 aromatic rings. The molecule has 0 aliphatic carbocycles. The third kappa shape index (κ3) is 1.88. The summed E-state index contributed by atoms with van der Waals surface area (Å²) in [7, 11) is 0. The quantitative estimate of drug-likeness (QED) is 0.763. The van der Waals surface area contributed by atoms with Crippen molar-refractivity contribution in [2.24, 2.45) is 0 Å². The number of hydrogen-bond acceptors (Lipinski definition) is 1. The summed E-state index contributed by atoms with van der Waals surface area (Å²) in [5.41, 5.74) is 0.844. The van der Waals surface area contributed by atoms with E-state index in [1.807, 2.05) is 0 Å². The Balaban J connectivity index is 2.20. The Kier molecular flexibility index (Phi) is 2.70. The van der Waals surface area contributed by atoms with Gasteiger partial charge in [-0.2, -0.15) is 0 Å². The van der Waals surface area contributed by atoms with Gasteiger partial charge in [-0.3, -0.25) is 0 Å². The van der Waals surface area contributed by atoms with Crippen LogP contribution in [0, 0.1) is 5.82 Å². The van der Waals surface area contributed by atoms with E-state index in [1.54, 1.807) is 12.1 Å². The minimum Gasteiger partial charge on any atom is -0.307 e. The van der Waals surface area contributed by atoms with Gasteiger partial charge in [0, 0.05) is 12.6 Å². The van der Waals surface area contributed by atoms with Gasteiger partial charge < -0.3 is 5.32 Å². The van der Waals surface area contributed by atoms with Gasteiger partial charge in [0.05, 0.1) is 5.02 Å². The van der Waals surface area contributed by atoms with Crippen LogP contribution in [-0.2, 0) is 0 Å². The lowest BCUT2D eigenvalue weighted by Gasteiger charge is -2.10. The normalized spacial score (nSPS) is 26.8. The Morgan fingerprint density at radius 1 is 1.43 bits per heavy atom. The molecule has 1 fully saturated rings. The van der Waals surface area contributed by atoms with E-state index in [4.69, 9.17) is 11.6 Å². The van der Waals surface area contributed by atoms with Gasteiger partial charge in [0.15, 0.2) is 0 Å². The Labute approximate surface area is 86.1 Å². The van der Waals surface area contributed by atoms with Crippen LogP contribution in [-0.4, -0.2) is 12.7 Å². The summed E-state index contributed by atoms with van der Waals surface area (Å²) in [6.45, 7) is 0.361. The van der Waals surface area contributed by atoms with E-state index in [0.717, 1.165) is 5.56 Å². The zero-order chi connectivity index (χ0) is 10.1. The van der Waals surface area contributed by atoms with Crippen LogP contribution in [0.15, 0.2) is 18.2 Å². The second kappa shape index (κ2) is 3.83. The minimum atomic E-state index is -0.816. The van der Waals surface area contributed by atoms with E-state index in [1.165, 1.54) is 6.07 Å². The first-order chi connectivity index (χ1) is 6.66. The Bertz CT molecular complexity index is 343. The highest BCUT2D eigenvalue weighted by Gasteiger charge is 2.24. The van der Waals surface area contributed by atoms with Crippen molar-refractivity contribution in [2.45, 2.75) is 18.6 Å². The Morgan fingerprint density at radius 3 is 2.79 bits per heavy atom. The summed E-state index contributed by atoms with van der Waals surface area (Å²) >= 11 is 5.63. The van der Waals surface area contributed by atoms with Crippen LogP contribution < -0.4 is 5.32 Å². The molecule has 1 nitrogen and oxygen atoms in total. The molecule has 1 aliphatic rings. The summed E-state index contributed by atoms with van der Waals surface area (Å²) in [6.07, 6.45) is -0.383. The lowest BCUT2D eigenvalue weighted by molar-refractivity contribution is 0.356. The first-order valence-electron chi connectivity index (χ1n) is 4.49. The smallest absolute Gasteiger partial charge is 0.141 e. The molecule has 14 heavy (non-hydrogen) atoms. The monoisotopic (exact) mass is 217 g/mol. The van der Waals surface area contributed by atoms with Crippen LogP contribution in [0.2, 0.25) is 5.02 Å². The van der Waals surface area contributed by atoms with E-state index >= 15 is 0 Å². The van der Waals surface area contributed by atoms with Gasteiger partial charge in [-0.25, -0.2) is 8.78 Å². The van der Waals surface area contributed by atoms with Gasteiger partial charge in [0.25, 0.3) is 0 Å². The fraction of sp³-hybridized carbons (Fsp3) is 0.400. The highest BCUT2D eigenvalue weighted by atomic mass is 35.5. The zero-order valence-electron chi connectivity index (χ0n) is 7.43. The van der Waals surface area contributed by atoms with Crippen molar-refractivity contribution in [2.75, 3.05) is 6.54 Å². The van der Waals surface area contributed by atoms with Gasteiger partial charge in [-0.15, -0.1) is 0 Å². The molecule has 1 aromatic carbocycles. The fourth-order valence-electron chi connectivity index (χ4n) is 1.68. The van der Waals surface area contributed by atoms with Crippen molar-refractivity contribution in [3.8, 4) is 0 Å². The molecule has 1 N–H and O–H groups in total. The minimum absolute atomic E-state index is 0.0388. The predicted octanol–water partition coefficient (Wildman–Crippen LogP) is 2.85. The maximum Gasteiger partial charge on any atom is 0.141 e. The predicted molar refractivity (Wildman–Crippen MR) is 51.7 cm³/mol. The standard InChI is InChI=1S/C10H10ClF2N/c11-8-3-6(1-2-9(8)13)10-4-7(12)5-14-10/h1-3,7,10,14H,4-5H2. The van der Waals surface area contributed by atoms with Gasteiger partial charge in [0.1, 0.15) is 12.0 Å². The van der Waals surface area contributed by atoms with Crippen LogP contribution in [0.3, 0.4) is 0 Å². The van der Waals surface area contributed by atoms with Crippen LogP contribution in [0.25, 0.3) is 0 Å². The molecule has 0 bridgehead atoms. The Hall–Kier alpha value is -0.670. The van der Waals surface area contributed by atoms with Crippen LogP contribution in [0.5, 0.6) is 0 Å². The molecule has 1 saturated heterocycles. The Morgan fingerprint density at radius 2 is 2.21 bits per heavy atom. The molecule has 2 unspecified atom stereocenters. The maximum absolute atomic E-state index is 12.9. The molecule has 1 aliphatic heterocycles. The number of halogens is 3. The molecule has 4 heteroatoms. The largest absolute Gasteiger partial charge is 0.307 e. The number of rotatable bonds is 1. The van der Waals surface area contributed by atoms with E-state index in [2.05, 4.69) is 5.32 Å². The average molecular weight is 218 g/mol. The van der Waals surface area contributed by atoms with Crippen molar-refractivity contribution >= 4 is 11.6 Å². The van der Waals surface area contributed by atoms with Crippen LogP contribution in [0.4, 0.5) is 8.78 Å². The molecular formula is C10H10ClF2N. The first kappa shape index (κ1) is 9.87. The van der Waals surface area contributed by atoms with Crippen molar-refractivity contribution in [3.63, 3.8) is 0 Å². The summed E-state index contributed by atoms with van der Waals surface area (Å²) in [5.74, 6) is -0.440. The van der Waals surface area contributed by atoms with Crippen molar-refractivity contribution in [1.29, 1.82) is 0 Å². The maximum atomic E-state index is 12.9. The van der Waals surface area contributed by atoms with Gasteiger partial charge in [-0.05, 0) is 24.1 Å². The zero-order valence-corrected chi connectivity index (χ0v) is 8.19. The molecule has 0 aromatic heterocycles. The van der Waals surface area contributed by atoms with E-state index in [-0.39, 0.29) is 11.1 Å². The molecule has 2 atom stereocenters. The lowest BCUT2D eigenvalue weighted by Crippen LogP contribution is -2.13. The van der Waals surface area contributed by atoms with E-state index in [0.29, 0.717) is 13.0 Å². The van der Waals surface area contributed by atoms with Gasteiger partial charge in [0.2, 0.25) is 0 Å². The highest BCUT2D eigenvalue weighted by molar-refractivity contribution is 6.30. The number of hydrogen-bond donors (Lipinski definition) is 1. The highest BCUT2D eigenvalue weighted by Crippen LogP contribution is 2.27. The molecule has 0 saturated carbocycles. The summed E-state index contributed by atoms with van der Waals surface area (Å²) in [4.78, 5) is 0. The molecule has 76 valence electrons. The van der Waals surface area contributed by atoms with Crippen molar-refractivity contribution < 1.29 is 8.78 Å². The van der Waals surface area contributed by atoms with Crippen LogP contribution in [0.1, 0.15) is 18.0 Å². The van der Waals surface area contributed by atoms with Crippen molar-refractivity contribution in [3.05, 3.63) is 34.6 Å². The van der Waals surface area contributed by atoms with E-state index < -0.39 is 12.0 Å². The SMILES string of the molecule is Fc1ccc(C2CC(F)CN2)cc1Cl. The van der Waals surface area contributed by atoms with Gasteiger partial charge >= 0.3 is 0 Å².